The molecule has 0 unspecified atom stereocenters. The summed E-state index contributed by atoms with van der Waals surface area (Å²) in [4.78, 5) is 0.151. The van der Waals surface area contributed by atoms with E-state index in [9.17, 15) is 16.8 Å². The van der Waals surface area contributed by atoms with Gasteiger partial charge in [-0.1, -0.05) is 13.8 Å². The van der Waals surface area contributed by atoms with E-state index in [1.165, 1.54) is 28.6 Å². The van der Waals surface area contributed by atoms with Crippen LogP contribution in [0.1, 0.15) is 20.3 Å². The molecule has 1 N–H and O–H groups in total. The fourth-order valence-corrected chi connectivity index (χ4v) is 4.75. The van der Waals surface area contributed by atoms with Crippen molar-refractivity contribution >= 4 is 20.0 Å². The monoisotopic (exact) mass is 376 g/mol. The summed E-state index contributed by atoms with van der Waals surface area (Å²) in [5.74, 6) is 0.397. The highest BCUT2D eigenvalue weighted by Crippen LogP contribution is 2.19. The van der Waals surface area contributed by atoms with Gasteiger partial charge in [-0.15, -0.1) is 0 Å². The minimum Gasteiger partial charge on any atom is -0.379 e. The standard InChI is InChI=1S/C15H24N2O5S2/c1-13(2)7-8-16-23(18,19)14-3-5-15(6-4-14)24(20,21)17-9-11-22-12-10-17/h3-6,13,16H,7-12H2,1-2H3. The molecule has 1 heterocycles. The molecule has 136 valence electrons. The Kier molecular flexibility index (Phi) is 6.38. The summed E-state index contributed by atoms with van der Waals surface area (Å²) in [7, 11) is -7.24. The second kappa shape index (κ2) is 7.92. The molecule has 0 bridgehead atoms. The van der Waals surface area contributed by atoms with Gasteiger partial charge in [-0.2, -0.15) is 4.31 Å². The molecular formula is C15H24N2O5S2. The first-order valence-corrected chi connectivity index (χ1v) is 10.8. The van der Waals surface area contributed by atoms with Crippen molar-refractivity contribution in [3.05, 3.63) is 24.3 Å². The molecule has 24 heavy (non-hydrogen) atoms. The number of sulfonamides is 2. The number of rotatable bonds is 7. The van der Waals surface area contributed by atoms with Crippen molar-refractivity contribution in [1.29, 1.82) is 0 Å². The lowest BCUT2D eigenvalue weighted by atomic mass is 10.1. The van der Waals surface area contributed by atoms with Gasteiger partial charge in [0.25, 0.3) is 0 Å². The smallest absolute Gasteiger partial charge is 0.243 e. The zero-order valence-corrected chi connectivity index (χ0v) is 15.6. The highest BCUT2D eigenvalue weighted by Gasteiger charge is 2.26. The van der Waals surface area contributed by atoms with Crippen molar-refractivity contribution in [2.45, 2.75) is 30.1 Å². The van der Waals surface area contributed by atoms with Crippen molar-refractivity contribution in [1.82, 2.24) is 9.03 Å². The van der Waals surface area contributed by atoms with Crippen LogP contribution < -0.4 is 4.72 Å². The number of nitrogens with one attached hydrogen (secondary N) is 1. The maximum atomic E-state index is 12.5. The molecule has 2 rings (SSSR count). The molecule has 0 saturated carbocycles. The number of benzene rings is 1. The average Bonchev–Trinajstić information content (AvgIpc) is 2.55. The molecule has 0 radical (unpaired) electrons. The van der Waals surface area contributed by atoms with Crippen LogP contribution >= 0.6 is 0 Å². The van der Waals surface area contributed by atoms with Gasteiger partial charge in [0.05, 0.1) is 23.0 Å². The first-order chi connectivity index (χ1) is 11.2. The predicted molar refractivity (Wildman–Crippen MR) is 90.7 cm³/mol. The van der Waals surface area contributed by atoms with E-state index < -0.39 is 20.0 Å². The van der Waals surface area contributed by atoms with Crippen LogP contribution in [0.15, 0.2) is 34.1 Å². The molecule has 0 atom stereocenters. The molecule has 7 nitrogen and oxygen atoms in total. The molecular weight excluding hydrogens is 352 g/mol. The first kappa shape index (κ1) is 19.3. The van der Waals surface area contributed by atoms with Gasteiger partial charge < -0.3 is 4.74 Å². The number of ether oxygens (including phenoxy) is 1. The third kappa shape index (κ3) is 4.76. The summed E-state index contributed by atoms with van der Waals surface area (Å²) in [5.41, 5.74) is 0. The van der Waals surface area contributed by atoms with Gasteiger partial charge in [0.2, 0.25) is 20.0 Å². The summed E-state index contributed by atoms with van der Waals surface area (Å²) in [6, 6.07) is 5.32. The zero-order chi connectivity index (χ0) is 17.8. The number of nitrogens with zero attached hydrogens (tertiary/aromatic N) is 1. The van der Waals surface area contributed by atoms with Crippen LogP contribution in [-0.4, -0.2) is 54.0 Å². The second-order valence-electron chi connectivity index (χ2n) is 6.07. The van der Waals surface area contributed by atoms with Crippen LogP contribution in [0.2, 0.25) is 0 Å². The van der Waals surface area contributed by atoms with Crippen LogP contribution in [0.5, 0.6) is 0 Å². The molecule has 1 aliphatic heterocycles. The van der Waals surface area contributed by atoms with Gasteiger partial charge in [-0.3, -0.25) is 0 Å². The highest BCUT2D eigenvalue weighted by atomic mass is 32.2. The molecule has 1 fully saturated rings. The maximum absolute atomic E-state index is 12.5. The molecule has 0 amide bonds. The Labute approximate surface area is 144 Å². The Morgan fingerprint density at radius 1 is 1.04 bits per heavy atom. The van der Waals surface area contributed by atoms with E-state index in [1.807, 2.05) is 13.8 Å². The summed E-state index contributed by atoms with van der Waals surface area (Å²) >= 11 is 0. The van der Waals surface area contributed by atoms with Crippen molar-refractivity contribution in [3.63, 3.8) is 0 Å². The quantitative estimate of drug-likeness (QED) is 0.767. The molecule has 0 aromatic heterocycles. The number of hydrogen-bond donors (Lipinski definition) is 1. The summed E-state index contributed by atoms with van der Waals surface area (Å²) in [5, 5.41) is 0. The number of morpholine rings is 1. The Morgan fingerprint density at radius 2 is 1.58 bits per heavy atom. The second-order valence-corrected chi connectivity index (χ2v) is 9.77. The van der Waals surface area contributed by atoms with Gasteiger partial charge >= 0.3 is 0 Å². The van der Waals surface area contributed by atoms with Crippen LogP contribution in [0.3, 0.4) is 0 Å². The Morgan fingerprint density at radius 3 is 2.12 bits per heavy atom. The fourth-order valence-electron chi connectivity index (χ4n) is 2.29. The topological polar surface area (TPSA) is 92.8 Å². The Balaban J connectivity index is 2.12. The van der Waals surface area contributed by atoms with E-state index in [4.69, 9.17) is 4.74 Å². The van der Waals surface area contributed by atoms with Crippen LogP contribution in [-0.2, 0) is 24.8 Å². The fraction of sp³-hybridized carbons (Fsp3) is 0.600. The Hall–Kier alpha value is -1.00. The molecule has 1 saturated heterocycles. The van der Waals surface area contributed by atoms with Crippen molar-refractivity contribution < 1.29 is 21.6 Å². The lowest BCUT2D eigenvalue weighted by Gasteiger charge is -2.26. The molecule has 0 aliphatic carbocycles. The summed E-state index contributed by atoms with van der Waals surface area (Å²) in [6.45, 7) is 5.72. The maximum Gasteiger partial charge on any atom is 0.243 e. The van der Waals surface area contributed by atoms with E-state index >= 15 is 0 Å². The molecule has 0 spiro atoms. The summed E-state index contributed by atoms with van der Waals surface area (Å²) < 4.78 is 58.4. The van der Waals surface area contributed by atoms with E-state index in [0.29, 0.717) is 38.8 Å². The molecule has 1 aliphatic rings. The normalized spacial score (nSPS) is 17.3. The van der Waals surface area contributed by atoms with Gasteiger partial charge in [0.15, 0.2) is 0 Å². The van der Waals surface area contributed by atoms with Gasteiger partial charge in [-0.25, -0.2) is 21.6 Å². The third-order valence-electron chi connectivity index (χ3n) is 3.76. The van der Waals surface area contributed by atoms with Gasteiger partial charge in [0, 0.05) is 19.6 Å². The van der Waals surface area contributed by atoms with Gasteiger partial charge in [0.1, 0.15) is 0 Å². The first-order valence-electron chi connectivity index (χ1n) is 7.91. The zero-order valence-electron chi connectivity index (χ0n) is 13.9. The SMILES string of the molecule is CC(C)CCNS(=O)(=O)c1ccc(S(=O)(=O)N2CCOCC2)cc1. The predicted octanol–water partition coefficient (Wildman–Crippen LogP) is 1.03. The van der Waals surface area contributed by atoms with Crippen LogP contribution in [0.25, 0.3) is 0 Å². The number of hydrogen-bond acceptors (Lipinski definition) is 5. The van der Waals surface area contributed by atoms with Crippen LogP contribution in [0, 0.1) is 5.92 Å². The molecule has 9 heteroatoms. The van der Waals surface area contributed by atoms with Crippen molar-refractivity contribution in [2.75, 3.05) is 32.8 Å². The summed E-state index contributed by atoms with van der Waals surface area (Å²) in [6.07, 6.45) is 0.739. The lowest BCUT2D eigenvalue weighted by Crippen LogP contribution is -2.40. The average molecular weight is 377 g/mol. The van der Waals surface area contributed by atoms with E-state index in [0.717, 1.165) is 6.42 Å². The minimum absolute atomic E-state index is 0.0622. The van der Waals surface area contributed by atoms with Crippen molar-refractivity contribution in [2.24, 2.45) is 5.92 Å². The van der Waals surface area contributed by atoms with E-state index in [-0.39, 0.29) is 9.79 Å². The molecule has 1 aromatic rings. The van der Waals surface area contributed by atoms with E-state index in [1.54, 1.807) is 0 Å². The molecule has 1 aromatic carbocycles. The van der Waals surface area contributed by atoms with Crippen LogP contribution in [0.4, 0.5) is 0 Å². The minimum atomic E-state index is -3.62. The van der Waals surface area contributed by atoms with Gasteiger partial charge in [-0.05, 0) is 36.6 Å². The Bertz CT molecular complexity index is 737. The van der Waals surface area contributed by atoms with Crippen molar-refractivity contribution in [3.8, 4) is 0 Å². The lowest BCUT2D eigenvalue weighted by molar-refractivity contribution is 0.0730. The highest BCUT2D eigenvalue weighted by molar-refractivity contribution is 7.89. The van der Waals surface area contributed by atoms with E-state index in [2.05, 4.69) is 4.72 Å². The third-order valence-corrected chi connectivity index (χ3v) is 7.15. The largest absolute Gasteiger partial charge is 0.379 e.